The van der Waals surface area contributed by atoms with Crippen molar-refractivity contribution in [2.75, 3.05) is 19.8 Å². The Balaban J connectivity index is 2.64. The highest BCUT2D eigenvalue weighted by Gasteiger charge is 2.11. The highest BCUT2D eigenvalue weighted by Crippen LogP contribution is 2.27. The van der Waals surface area contributed by atoms with Gasteiger partial charge in [-0.25, -0.2) is 0 Å². The molecule has 0 saturated heterocycles. The number of ether oxygens (including phenoxy) is 3. The highest BCUT2D eigenvalue weighted by atomic mass is 79.9. The summed E-state index contributed by atoms with van der Waals surface area (Å²) in [6.45, 7) is 9.64. The van der Waals surface area contributed by atoms with Gasteiger partial charge < -0.3 is 14.2 Å². The van der Waals surface area contributed by atoms with E-state index in [4.69, 9.17) is 14.2 Å². The molecular weight excluding hydrogens is 296 g/mol. The second kappa shape index (κ2) is 7.77. The molecule has 1 aromatic carbocycles. The molecular formula is C14H21BrO3. The van der Waals surface area contributed by atoms with E-state index >= 15 is 0 Å². The van der Waals surface area contributed by atoms with E-state index in [-0.39, 0.29) is 6.29 Å². The Morgan fingerprint density at radius 2 is 1.67 bits per heavy atom. The zero-order chi connectivity index (χ0) is 13.5. The van der Waals surface area contributed by atoms with Crippen molar-refractivity contribution in [2.45, 2.75) is 34.0 Å². The molecule has 0 heterocycles. The quantitative estimate of drug-likeness (QED) is 0.715. The van der Waals surface area contributed by atoms with E-state index in [2.05, 4.69) is 22.9 Å². The van der Waals surface area contributed by atoms with E-state index in [1.807, 2.05) is 32.9 Å². The van der Waals surface area contributed by atoms with Gasteiger partial charge in [0.25, 0.3) is 0 Å². The van der Waals surface area contributed by atoms with E-state index < -0.39 is 0 Å². The first-order chi connectivity index (χ1) is 8.60. The minimum Gasteiger partial charge on any atom is -0.488 e. The van der Waals surface area contributed by atoms with Gasteiger partial charge in [0.15, 0.2) is 6.29 Å². The normalized spacial score (nSPS) is 11.0. The molecule has 0 aromatic heterocycles. The molecule has 0 N–H and O–H groups in total. The molecule has 0 fully saturated rings. The van der Waals surface area contributed by atoms with Crippen molar-refractivity contribution in [3.05, 3.63) is 27.7 Å². The minimum absolute atomic E-state index is 0.302. The lowest BCUT2D eigenvalue weighted by Gasteiger charge is -2.19. The minimum atomic E-state index is -0.302. The van der Waals surface area contributed by atoms with E-state index in [0.29, 0.717) is 19.8 Å². The molecule has 0 aliphatic heterocycles. The first-order valence-electron chi connectivity index (χ1n) is 6.21. The fourth-order valence-electron chi connectivity index (χ4n) is 1.59. The van der Waals surface area contributed by atoms with Crippen LogP contribution in [-0.4, -0.2) is 26.1 Å². The van der Waals surface area contributed by atoms with E-state index in [9.17, 15) is 0 Å². The van der Waals surface area contributed by atoms with Crippen LogP contribution in [0.4, 0.5) is 0 Å². The Kier molecular flexibility index (Phi) is 6.68. The molecule has 0 spiro atoms. The first kappa shape index (κ1) is 15.5. The second-order valence-corrected chi connectivity index (χ2v) is 4.80. The van der Waals surface area contributed by atoms with Crippen molar-refractivity contribution in [3.63, 3.8) is 0 Å². The standard InChI is InChI=1S/C14H21BrO3/c1-5-16-14(17-6-2)9-18-13-8-7-12(15)10(3)11(13)4/h7-8,14H,5-6,9H2,1-4H3. The molecule has 0 radical (unpaired) electrons. The van der Waals surface area contributed by atoms with Crippen molar-refractivity contribution in [3.8, 4) is 5.75 Å². The fraction of sp³-hybridized carbons (Fsp3) is 0.571. The van der Waals surface area contributed by atoms with Gasteiger partial charge in [0.2, 0.25) is 0 Å². The van der Waals surface area contributed by atoms with Crippen molar-refractivity contribution < 1.29 is 14.2 Å². The average Bonchev–Trinajstić information content (AvgIpc) is 2.35. The molecule has 0 unspecified atom stereocenters. The van der Waals surface area contributed by atoms with Crippen LogP contribution in [-0.2, 0) is 9.47 Å². The lowest BCUT2D eigenvalue weighted by Crippen LogP contribution is -2.25. The molecule has 0 saturated carbocycles. The van der Waals surface area contributed by atoms with Gasteiger partial charge in [-0.2, -0.15) is 0 Å². The predicted molar refractivity (Wildman–Crippen MR) is 76.2 cm³/mol. The van der Waals surface area contributed by atoms with Gasteiger partial charge in [-0.15, -0.1) is 0 Å². The SMILES string of the molecule is CCOC(COc1ccc(Br)c(C)c1C)OCC. The lowest BCUT2D eigenvalue weighted by molar-refractivity contribution is -0.152. The third kappa shape index (κ3) is 4.26. The Morgan fingerprint density at radius 3 is 2.22 bits per heavy atom. The Bertz CT molecular complexity index is 374. The van der Waals surface area contributed by atoms with Gasteiger partial charge in [0, 0.05) is 17.7 Å². The molecule has 1 aromatic rings. The smallest absolute Gasteiger partial charge is 0.191 e. The molecule has 3 nitrogen and oxygen atoms in total. The molecule has 0 amide bonds. The number of hydrogen-bond acceptors (Lipinski definition) is 3. The van der Waals surface area contributed by atoms with Crippen LogP contribution in [0.5, 0.6) is 5.75 Å². The summed E-state index contributed by atoms with van der Waals surface area (Å²) in [5.74, 6) is 0.875. The van der Waals surface area contributed by atoms with Crippen LogP contribution >= 0.6 is 15.9 Å². The number of benzene rings is 1. The van der Waals surface area contributed by atoms with Gasteiger partial charge in [0.05, 0.1) is 0 Å². The monoisotopic (exact) mass is 316 g/mol. The fourth-order valence-corrected chi connectivity index (χ4v) is 2.02. The summed E-state index contributed by atoms with van der Waals surface area (Å²) in [5.41, 5.74) is 2.33. The molecule has 1 rings (SSSR count). The van der Waals surface area contributed by atoms with Gasteiger partial charge in [-0.3, -0.25) is 0 Å². The largest absolute Gasteiger partial charge is 0.488 e. The van der Waals surface area contributed by atoms with Gasteiger partial charge in [-0.05, 0) is 51.0 Å². The van der Waals surface area contributed by atoms with Gasteiger partial charge in [-0.1, -0.05) is 15.9 Å². The maximum Gasteiger partial charge on any atom is 0.191 e. The summed E-state index contributed by atoms with van der Waals surface area (Å²) in [6, 6.07) is 3.95. The summed E-state index contributed by atoms with van der Waals surface area (Å²) in [4.78, 5) is 0. The topological polar surface area (TPSA) is 27.7 Å². The molecule has 0 aliphatic rings. The van der Waals surface area contributed by atoms with Crippen molar-refractivity contribution in [1.29, 1.82) is 0 Å². The Morgan fingerprint density at radius 1 is 1.06 bits per heavy atom. The summed E-state index contributed by atoms with van der Waals surface area (Å²) in [7, 11) is 0. The third-order valence-corrected chi connectivity index (χ3v) is 3.61. The van der Waals surface area contributed by atoms with Crippen LogP contribution in [0.1, 0.15) is 25.0 Å². The number of halogens is 1. The van der Waals surface area contributed by atoms with E-state index in [0.717, 1.165) is 15.8 Å². The molecule has 0 atom stereocenters. The van der Waals surface area contributed by atoms with Crippen LogP contribution in [0.15, 0.2) is 16.6 Å². The third-order valence-electron chi connectivity index (χ3n) is 2.75. The lowest BCUT2D eigenvalue weighted by atomic mass is 10.1. The summed E-state index contributed by atoms with van der Waals surface area (Å²) in [5, 5.41) is 0. The predicted octanol–water partition coefficient (Wildman–Crippen LogP) is 3.84. The molecule has 0 bridgehead atoms. The molecule has 18 heavy (non-hydrogen) atoms. The summed E-state index contributed by atoms with van der Waals surface area (Å²) in [6.07, 6.45) is -0.302. The van der Waals surface area contributed by atoms with Gasteiger partial charge in [0.1, 0.15) is 12.4 Å². The Labute approximate surface area is 118 Å². The maximum absolute atomic E-state index is 5.77. The number of hydrogen-bond donors (Lipinski definition) is 0. The van der Waals surface area contributed by atoms with E-state index in [1.54, 1.807) is 0 Å². The summed E-state index contributed by atoms with van der Waals surface area (Å²) < 4.78 is 17.7. The molecule has 4 heteroatoms. The van der Waals surface area contributed by atoms with Crippen LogP contribution in [0.3, 0.4) is 0 Å². The average molecular weight is 317 g/mol. The van der Waals surface area contributed by atoms with Crippen molar-refractivity contribution in [2.24, 2.45) is 0 Å². The maximum atomic E-state index is 5.77. The van der Waals surface area contributed by atoms with Crippen molar-refractivity contribution >= 4 is 15.9 Å². The van der Waals surface area contributed by atoms with Crippen LogP contribution < -0.4 is 4.74 Å². The van der Waals surface area contributed by atoms with Gasteiger partial charge >= 0.3 is 0 Å². The first-order valence-corrected chi connectivity index (χ1v) is 7.01. The second-order valence-electron chi connectivity index (χ2n) is 3.95. The van der Waals surface area contributed by atoms with Crippen molar-refractivity contribution in [1.82, 2.24) is 0 Å². The Hall–Kier alpha value is -0.580. The number of rotatable bonds is 7. The molecule has 102 valence electrons. The molecule has 0 aliphatic carbocycles. The zero-order valence-corrected chi connectivity index (χ0v) is 13.0. The summed E-state index contributed by atoms with van der Waals surface area (Å²) >= 11 is 3.51. The van der Waals surface area contributed by atoms with E-state index in [1.165, 1.54) is 5.56 Å². The van der Waals surface area contributed by atoms with Crippen LogP contribution in [0.25, 0.3) is 0 Å². The highest BCUT2D eigenvalue weighted by molar-refractivity contribution is 9.10. The van der Waals surface area contributed by atoms with Crippen LogP contribution in [0, 0.1) is 13.8 Å². The zero-order valence-electron chi connectivity index (χ0n) is 11.5. The van der Waals surface area contributed by atoms with Crippen LogP contribution in [0.2, 0.25) is 0 Å².